The van der Waals surface area contributed by atoms with Crippen LogP contribution in [0.5, 0.6) is 0 Å². The number of likely N-dealkylation sites (tertiary alicyclic amines) is 2. The smallest absolute Gasteiger partial charge is 0.306 e. The third-order valence-corrected chi connectivity index (χ3v) is 7.17. The van der Waals surface area contributed by atoms with Crippen molar-refractivity contribution < 1.29 is 18.8 Å². The number of nitrogens with zero attached hydrogens (tertiary/aromatic N) is 2. The summed E-state index contributed by atoms with van der Waals surface area (Å²) >= 11 is 0. The topological polar surface area (TPSA) is 46.6 Å². The van der Waals surface area contributed by atoms with Gasteiger partial charge in [0.2, 0.25) is 5.91 Å². The van der Waals surface area contributed by atoms with Gasteiger partial charge >= 0.3 is 5.97 Å². The molecular weight excluding hydrogens is 388 g/mol. The van der Waals surface area contributed by atoms with Crippen molar-refractivity contribution in [2.75, 3.05) is 39.8 Å². The first-order chi connectivity index (χ1) is 15.0. The molecule has 2 aliphatic heterocycles. The molecule has 0 aromatic rings. The molecule has 0 aromatic carbocycles. The van der Waals surface area contributed by atoms with E-state index in [0.29, 0.717) is 19.4 Å². The lowest BCUT2D eigenvalue weighted by molar-refractivity contribution is -0.911. The number of carbonyl (C=O) groups is 2. The Balaban J connectivity index is 1.73. The third-order valence-electron chi connectivity index (χ3n) is 7.17. The summed E-state index contributed by atoms with van der Waals surface area (Å²) in [5.41, 5.74) is 0. The van der Waals surface area contributed by atoms with Crippen LogP contribution in [0.2, 0.25) is 0 Å². The van der Waals surface area contributed by atoms with E-state index in [1.54, 1.807) is 0 Å². The number of hydrogen-bond acceptors (Lipinski definition) is 3. The highest BCUT2D eigenvalue weighted by Gasteiger charge is 2.33. The van der Waals surface area contributed by atoms with Gasteiger partial charge in [-0.15, -0.1) is 0 Å². The van der Waals surface area contributed by atoms with E-state index in [4.69, 9.17) is 4.74 Å². The molecule has 1 amide bonds. The van der Waals surface area contributed by atoms with Crippen molar-refractivity contribution >= 4 is 11.9 Å². The summed E-state index contributed by atoms with van der Waals surface area (Å²) in [6, 6.07) is 0. The van der Waals surface area contributed by atoms with E-state index >= 15 is 0 Å². The molecule has 5 heteroatoms. The van der Waals surface area contributed by atoms with Crippen LogP contribution in [0.4, 0.5) is 0 Å². The van der Waals surface area contributed by atoms with Crippen molar-refractivity contribution in [2.24, 2.45) is 0 Å². The fourth-order valence-electron chi connectivity index (χ4n) is 5.23. The molecule has 0 bridgehead atoms. The zero-order valence-electron chi connectivity index (χ0n) is 20.5. The third kappa shape index (κ3) is 10.9. The van der Waals surface area contributed by atoms with Gasteiger partial charge in [-0.2, -0.15) is 0 Å². The minimum atomic E-state index is -0.170. The average molecular weight is 438 g/mol. The first-order valence-corrected chi connectivity index (χ1v) is 13.3. The normalized spacial score (nSPS) is 19.9. The second kappa shape index (κ2) is 14.9. The van der Waals surface area contributed by atoms with Crippen molar-refractivity contribution in [3.8, 4) is 0 Å². The Hall–Kier alpha value is -1.10. The first-order valence-electron chi connectivity index (χ1n) is 13.3. The lowest BCUT2D eigenvalue weighted by Gasteiger charge is -2.37. The Bertz CT molecular complexity index is 515. The molecule has 2 aliphatic rings. The monoisotopic (exact) mass is 437 g/mol. The predicted octanol–water partition coefficient (Wildman–Crippen LogP) is 5.46. The number of likely N-dealkylation sites (N-methyl/N-ethyl adjacent to an activating group) is 1. The number of rotatable bonds is 15. The minimum absolute atomic E-state index is 0.0685. The molecule has 0 radical (unpaired) electrons. The maximum Gasteiger partial charge on any atom is 0.306 e. The largest absolute Gasteiger partial charge is 0.454 e. The van der Waals surface area contributed by atoms with Crippen LogP contribution >= 0.6 is 0 Å². The fraction of sp³-hybridized carbons (Fsp3) is 0.923. The SMILES string of the molecule is CCCCCCCCCCCC(=O)O[C@H](CN1CCCC1=O)C[N+]1(C)CCCCCC1. The van der Waals surface area contributed by atoms with Crippen molar-refractivity contribution in [1.82, 2.24) is 4.90 Å². The van der Waals surface area contributed by atoms with Crippen LogP contribution in [0.1, 0.15) is 110 Å². The Morgan fingerprint density at radius 2 is 1.55 bits per heavy atom. The highest BCUT2D eigenvalue weighted by molar-refractivity contribution is 5.78. The second-order valence-electron chi connectivity index (χ2n) is 10.3. The van der Waals surface area contributed by atoms with Gasteiger partial charge in [0.05, 0.1) is 26.7 Å². The number of hydrogen-bond donors (Lipinski definition) is 0. The van der Waals surface area contributed by atoms with Crippen LogP contribution in [0.3, 0.4) is 0 Å². The maximum atomic E-state index is 12.6. The molecule has 2 fully saturated rings. The van der Waals surface area contributed by atoms with Gasteiger partial charge in [0.1, 0.15) is 6.54 Å². The number of unbranched alkanes of at least 4 members (excludes halogenated alkanes) is 8. The van der Waals surface area contributed by atoms with Crippen LogP contribution in [0.15, 0.2) is 0 Å². The zero-order chi connectivity index (χ0) is 22.4. The van der Waals surface area contributed by atoms with Crippen LogP contribution in [-0.2, 0) is 14.3 Å². The van der Waals surface area contributed by atoms with Crippen LogP contribution in [-0.4, -0.2) is 67.1 Å². The van der Waals surface area contributed by atoms with Gasteiger partial charge in [-0.05, 0) is 38.5 Å². The van der Waals surface area contributed by atoms with E-state index in [1.165, 1.54) is 70.6 Å². The fourth-order valence-corrected chi connectivity index (χ4v) is 5.23. The van der Waals surface area contributed by atoms with Gasteiger partial charge in [-0.1, -0.05) is 58.3 Å². The second-order valence-corrected chi connectivity index (χ2v) is 10.3. The summed E-state index contributed by atoms with van der Waals surface area (Å²) in [7, 11) is 2.30. The Kier molecular flexibility index (Phi) is 12.5. The van der Waals surface area contributed by atoms with E-state index < -0.39 is 0 Å². The van der Waals surface area contributed by atoms with E-state index in [0.717, 1.165) is 49.9 Å². The molecule has 1 atom stereocenters. The van der Waals surface area contributed by atoms with Crippen LogP contribution in [0, 0.1) is 0 Å². The lowest BCUT2D eigenvalue weighted by Crippen LogP contribution is -2.53. The average Bonchev–Trinajstić information content (AvgIpc) is 3.00. The van der Waals surface area contributed by atoms with Crippen molar-refractivity contribution in [1.29, 1.82) is 0 Å². The van der Waals surface area contributed by atoms with E-state index in [-0.39, 0.29) is 18.0 Å². The molecule has 180 valence electrons. The highest BCUT2D eigenvalue weighted by atomic mass is 16.5. The van der Waals surface area contributed by atoms with Gasteiger partial charge in [0.25, 0.3) is 0 Å². The zero-order valence-corrected chi connectivity index (χ0v) is 20.5. The molecule has 0 aliphatic carbocycles. The Morgan fingerprint density at radius 1 is 0.935 bits per heavy atom. The Morgan fingerprint density at radius 3 is 2.13 bits per heavy atom. The van der Waals surface area contributed by atoms with E-state index in [2.05, 4.69) is 14.0 Å². The van der Waals surface area contributed by atoms with Crippen LogP contribution < -0.4 is 0 Å². The van der Waals surface area contributed by atoms with Gasteiger partial charge in [-0.3, -0.25) is 9.59 Å². The molecule has 5 nitrogen and oxygen atoms in total. The number of carbonyl (C=O) groups excluding carboxylic acids is 2. The molecule has 0 spiro atoms. The van der Waals surface area contributed by atoms with E-state index in [9.17, 15) is 9.59 Å². The Labute approximate surface area is 191 Å². The highest BCUT2D eigenvalue weighted by Crippen LogP contribution is 2.20. The molecule has 2 heterocycles. The number of amides is 1. The van der Waals surface area contributed by atoms with Crippen molar-refractivity contribution in [2.45, 2.75) is 116 Å². The molecule has 2 saturated heterocycles. The van der Waals surface area contributed by atoms with E-state index in [1.807, 2.05) is 4.90 Å². The summed E-state index contributed by atoms with van der Waals surface area (Å²) < 4.78 is 6.96. The molecule has 0 saturated carbocycles. The predicted molar refractivity (Wildman–Crippen MR) is 127 cm³/mol. The van der Waals surface area contributed by atoms with Crippen molar-refractivity contribution in [3.63, 3.8) is 0 Å². The van der Waals surface area contributed by atoms with Gasteiger partial charge in [-0.25, -0.2) is 0 Å². The molecule has 0 unspecified atom stereocenters. The maximum absolute atomic E-state index is 12.6. The molecule has 31 heavy (non-hydrogen) atoms. The van der Waals surface area contributed by atoms with Gasteiger partial charge < -0.3 is 14.1 Å². The summed E-state index contributed by atoms with van der Waals surface area (Å²) in [6.45, 7) is 6.79. The minimum Gasteiger partial charge on any atom is -0.454 e. The van der Waals surface area contributed by atoms with Gasteiger partial charge in [0, 0.05) is 19.4 Å². The number of quaternary nitrogens is 1. The van der Waals surface area contributed by atoms with Gasteiger partial charge in [0.15, 0.2) is 6.10 Å². The molecule has 0 N–H and O–H groups in total. The molecular formula is C26H49N2O3+. The summed E-state index contributed by atoms with van der Waals surface area (Å²) in [4.78, 5) is 26.7. The quantitative estimate of drug-likeness (QED) is 0.194. The lowest BCUT2D eigenvalue weighted by atomic mass is 10.1. The van der Waals surface area contributed by atoms with Crippen molar-refractivity contribution in [3.05, 3.63) is 0 Å². The number of esters is 1. The number of ether oxygens (including phenoxy) is 1. The molecule has 0 aromatic heterocycles. The first kappa shape index (κ1) is 26.2. The summed E-state index contributed by atoms with van der Waals surface area (Å²) in [5.74, 6) is 0.152. The standard InChI is InChI=1S/C26H49N2O3/c1-3-4-5-6-7-8-9-10-13-18-26(30)31-24(22-27-19-16-17-25(27)29)23-28(2)20-14-11-12-15-21-28/h24H,3-23H2,1-2H3/q+1/t24-/m1/s1. The van der Waals surface area contributed by atoms with Crippen LogP contribution in [0.25, 0.3) is 0 Å². The summed E-state index contributed by atoms with van der Waals surface area (Å²) in [6.07, 6.45) is 18.3. The summed E-state index contributed by atoms with van der Waals surface area (Å²) in [5, 5.41) is 0. The molecule has 2 rings (SSSR count).